The molecule has 0 radical (unpaired) electrons. The molecular formula is C6H8N4O2. The number of hydrogen-bond acceptors (Lipinski definition) is 4. The van der Waals surface area contributed by atoms with E-state index in [9.17, 15) is 0 Å². The highest BCUT2D eigenvalue weighted by molar-refractivity contribution is 5.95. The van der Waals surface area contributed by atoms with E-state index in [1.54, 1.807) is 0 Å². The highest BCUT2D eigenvalue weighted by atomic mass is 16.5. The van der Waals surface area contributed by atoms with Gasteiger partial charge in [0, 0.05) is 6.20 Å². The lowest BCUT2D eigenvalue weighted by Crippen LogP contribution is -2.21. The predicted molar refractivity (Wildman–Crippen MR) is 40.0 cm³/mol. The first kappa shape index (κ1) is 8.12. The van der Waals surface area contributed by atoms with Gasteiger partial charge in [0.25, 0.3) is 0 Å². The van der Waals surface area contributed by atoms with Crippen molar-refractivity contribution in [1.29, 1.82) is 5.41 Å². The fourth-order valence-corrected chi connectivity index (χ4v) is 0.735. The van der Waals surface area contributed by atoms with Crippen molar-refractivity contribution in [3.8, 4) is 0 Å². The molecule has 0 bridgehead atoms. The fourth-order valence-electron chi connectivity index (χ4n) is 0.735. The first-order valence-corrected chi connectivity index (χ1v) is 3.09. The lowest BCUT2D eigenvalue weighted by atomic mass is 10.3. The summed E-state index contributed by atoms with van der Waals surface area (Å²) in [5, 5.41) is 27.4. The third-order valence-corrected chi connectivity index (χ3v) is 1.30. The quantitative estimate of drug-likeness (QED) is 0.146. The maximum Gasteiger partial charge on any atom is 0.190 e. The van der Waals surface area contributed by atoms with Crippen molar-refractivity contribution < 1.29 is 10.4 Å². The van der Waals surface area contributed by atoms with Gasteiger partial charge in [-0.25, -0.2) is 0 Å². The van der Waals surface area contributed by atoms with Gasteiger partial charge < -0.3 is 21.6 Å². The van der Waals surface area contributed by atoms with E-state index in [1.165, 1.54) is 18.3 Å². The van der Waals surface area contributed by atoms with Crippen LogP contribution in [0.1, 0.15) is 5.69 Å². The molecule has 0 fully saturated rings. The zero-order valence-electron chi connectivity index (χ0n) is 6.10. The highest BCUT2D eigenvalue weighted by Crippen LogP contribution is 1.91. The van der Waals surface area contributed by atoms with Crippen LogP contribution in [0.2, 0.25) is 0 Å². The highest BCUT2D eigenvalue weighted by Gasteiger charge is 2.02. The summed E-state index contributed by atoms with van der Waals surface area (Å²) >= 11 is 0. The number of nitrogens with zero attached hydrogens (tertiary/aromatic N) is 2. The van der Waals surface area contributed by atoms with Crippen molar-refractivity contribution in [3.63, 3.8) is 0 Å². The molecule has 1 aromatic rings. The first-order chi connectivity index (χ1) is 5.65. The molecule has 0 atom stereocenters. The topological polar surface area (TPSA) is 108 Å². The third kappa shape index (κ3) is 1.36. The molecule has 6 nitrogen and oxygen atoms in total. The van der Waals surface area contributed by atoms with Crippen LogP contribution in [0.3, 0.4) is 0 Å². The molecule has 0 amide bonds. The summed E-state index contributed by atoms with van der Waals surface area (Å²) < 4.78 is 0.674. The van der Waals surface area contributed by atoms with Gasteiger partial charge in [-0.15, -0.1) is 0 Å². The molecule has 1 rings (SSSR count). The number of amidine groups is 1. The smallest absolute Gasteiger partial charge is 0.190 e. The summed E-state index contributed by atoms with van der Waals surface area (Å²) in [5.74, 6) is -0.244. The minimum Gasteiger partial charge on any atom is -0.428 e. The van der Waals surface area contributed by atoms with Gasteiger partial charge in [0.1, 0.15) is 5.69 Å². The van der Waals surface area contributed by atoms with Gasteiger partial charge in [-0.1, -0.05) is 5.16 Å². The van der Waals surface area contributed by atoms with Crippen molar-refractivity contribution in [2.45, 2.75) is 0 Å². The van der Waals surface area contributed by atoms with Gasteiger partial charge in [-0.05, 0) is 12.1 Å². The maximum absolute atomic E-state index is 9.10. The van der Waals surface area contributed by atoms with Gasteiger partial charge in [0.05, 0.1) is 5.36 Å². The number of rotatable bonds is 1. The summed E-state index contributed by atoms with van der Waals surface area (Å²) in [7, 11) is 0. The second-order valence-corrected chi connectivity index (χ2v) is 2.13. The Labute approximate surface area is 67.6 Å². The van der Waals surface area contributed by atoms with Crippen molar-refractivity contribution in [2.75, 3.05) is 0 Å². The molecule has 0 aliphatic rings. The molecule has 0 aliphatic heterocycles. The lowest BCUT2D eigenvalue weighted by molar-refractivity contribution is 0.181. The van der Waals surface area contributed by atoms with Crippen LogP contribution in [-0.2, 0) is 0 Å². The van der Waals surface area contributed by atoms with E-state index in [2.05, 4.69) is 5.16 Å². The zero-order chi connectivity index (χ0) is 9.14. The van der Waals surface area contributed by atoms with E-state index < -0.39 is 0 Å². The Kier molecular flexibility index (Phi) is 2.00. The van der Waals surface area contributed by atoms with E-state index in [-0.39, 0.29) is 16.9 Å². The maximum atomic E-state index is 9.10. The van der Waals surface area contributed by atoms with E-state index >= 15 is 0 Å². The molecule has 0 saturated carbocycles. The Bertz CT molecular complexity index is 368. The van der Waals surface area contributed by atoms with E-state index in [0.29, 0.717) is 4.73 Å². The molecule has 1 heterocycles. The first-order valence-electron chi connectivity index (χ1n) is 3.09. The second kappa shape index (κ2) is 2.95. The standard InChI is InChI=1S/C6H8N4O2/c7-4-1-2-10(12)5(3-4)6(8)9-11/h1-3,7,11-12H,(H2,8,9). The average molecular weight is 168 g/mol. The molecule has 1 aromatic heterocycles. The summed E-state index contributed by atoms with van der Waals surface area (Å²) in [5.41, 5.74) is 5.27. The van der Waals surface area contributed by atoms with Crippen LogP contribution >= 0.6 is 0 Å². The molecule has 0 aromatic carbocycles. The van der Waals surface area contributed by atoms with E-state index in [4.69, 9.17) is 21.6 Å². The van der Waals surface area contributed by atoms with Crippen molar-refractivity contribution in [2.24, 2.45) is 10.9 Å². The number of nitrogens with one attached hydrogen (secondary N) is 1. The van der Waals surface area contributed by atoms with Crippen LogP contribution in [0.5, 0.6) is 0 Å². The number of oxime groups is 1. The Balaban J connectivity index is 3.32. The van der Waals surface area contributed by atoms with Crippen LogP contribution in [0, 0.1) is 5.41 Å². The molecule has 0 saturated heterocycles. The van der Waals surface area contributed by atoms with Crippen LogP contribution < -0.4 is 11.1 Å². The van der Waals surface area contributed by atoms with Gasteiger partial charge in [-0.2, -0.15) is 4.73 Å². The fraction of sp³-hybridized carbons (Fsp3) is 0. The van der Waals surface area contributed by atoms with Gasteiger partial charge >= 0.3 is 0 Å². The zero-order valence-corrected chi connectivity index (χ0v) is 6.10. The summed E-state index contributed by atoms with van der Waals surface area (Å²) in [6, 6.07) is 2.64. The summed E-state index contributed by atoms with van der Waals surface area (Å²) in [6.07, 6.45) is 1.23. The lowest BCUT2D eigenvalue weighted by Gasteiger charge is -2.03. The predicted octanol–water partition coefficient (Wildman–Crippen LogP) is -0.701. The summed E-state index contributed by atoms with van der Waals surface area (Å²) in [6.45, 7) is 0. The second-order valence-electron chi connectivity index (χ2n) is 2.13. The van der Waals surface area contributed by atoms with Crippen molar-refractivity contribution >= 4 is 5.84 Å². The normalized spacial score (nSPS) is 11.5. The van der Waals surface area contributed by atoms with Crippen LogP contribution in [-0.4, -0.2) is 21.0 Å². The molecule has 0 aliphatic carbocycles. The van der Waals surface area contributed by atoms with Gasteiger partial charge in [0.2, 0.25) is 0 Å². The molecule has 5 N–H and O–H groups in total. The number of aromatic nitrogens is 1. The van der Waals surface area contributed by atoms with Crippen molar-refractivity contribution in [1.82, 2.24) is 4.73 Å². The minimum absolute atomic E-state index is 0.0741. The van der Waals surface area contributed by atoms with Gasteiger partial charge in [0.15, 0.2) is 5.84 Å². The molecular weight excluding hydrogens is 160 g/mol. The number of hydrogen-bond donors (Lipinski definition) is 4. The molecule has 0 unspecified atom stereocenters. The Morgan fingerprint density at radius 3 is 2.92 bits per heavy atom. The van der Waals surface area contributed by atoms with Gasteiger partial charge in [-0.3, -0.25) is 0 Å². The largest absolute Gasteiger partial charge is 0.428 e. The Hall–Kier alpha value is -1.98. The Morgan fingerprint density at radius 2 is 2.33 bits per heavy atom. The summed E-state index contributed by atoms with van der Waals surface area (Å²) in [4.78, 5) is 0. The Morgan fingerprint density at radius 1 is 1.67 bits per heavy atom. The van der Waals surface area contributed by atoms with Crippen LogP contribution in [0.15, 0.2) is 23.5 Å². The van der Waals surface area contributed by atoms with Crippen molar-refractivity contribution in [3.05, 3.63) is 29.4 Å². The minimum atomic E-state index is -0.244. The van der Waals surface area contributed by atoms with E-state index in [0.717, 1.165) is 0 Å². The van der Waals surface area contributed by atoms with Crippen LogP contribution in [0.25, 0.3) is 0 Å². The van der Waals surface area contributed by atoms with E-state index in [1.807, 2.05) is 0 Å². The molecule has 6 heteroatoms. The molecule has 64 valence electrons. The molecule has 12 heavy (non-hydrogen) atoms. The van der Waals surface area contributed by atoms with Crippen LogP contribution in [0.4, 0.5) is 0 Å². The SMILES string of the molecule is N=c1ccn(O)c(/C(N)=N\O)c1. The monoisotopic (exact) mass is 168 g/mol. The molecule has 0 spiro atoms. The number of nitrogens with two attached hydrogens (primary N) is 1. The number of pyridine rings is 1. The third-order valence-electron chi connectivity index (χ3n) is 1.30. The average Bonchev–Trinajstić information content (AvgIpc) is 2.08.